The predicted molar refractivity (Wildman–Crippen MR) is 139 cm³/mol. The Morgan fingerprint density at radius 1 is 1.05 bits per heavy atom. The molecule has 0 amide bonds. The number of rotatable bonds is 6. The van der Waals surface area contributed by atoms with E-state index in [0.29, 0.717) is 5.92 Å². The van der Waals surface area contributed by atoms with Gasteiger partial charge >= 0.3 is 0 Å². The van der Waals surface area contributed by atoms with E-state index in [1.807, 2.05) is 23.0 Å². The highest BCUT2D eigenvalue weighted by atomic mass is 19.1. The van der Waals surface area contributed by atoms with E-state index in [2.05, 4.69) is 61.3 Å². The summed E-state index contributed by atoms with van der Waals surface area (Å²) in [5.41, 5.74) is 4.26. The van der Waals surface area contributed by atoms with E-state index < -0.39 is 17.0 Å². The second-order valence-corrected chi connectivity index (χ2v) is 11.2. The lowest BCUT2D eigenvalue weighted by Gasteiger charge is -2.37. The lowest BCUT2D eigenvalue weighted by Crippen LogP contribution is -2.37. The summed E-state index contributed by atoms with van der Waals surface area (Å²) in [6, 6.07) is 11.9. The van der Waals surface area contributed by atoms with Gasteiger partial charge in [-0.05, 0) is 66.0 Å². The van der Waals surface area contributed by atoms with E-state index in [0.717, 1.165) is 54.0 Å². The summed E-state index contributed by atoms with van der Waals surface area (Å²) < 4.78 is 31.1. The average Bonchev–Trinajstić information content (AvgIpc) is 3.51. The van der Waals surface area contributed by atoms with Crippen LogP contribution in [-0.2, 0) is 12.0 Å². The molecule has 0 unspecified atom stereocenters. The van der Waals surface area contributed by atoms with Crippen LogP contribution in [0.5, 0.6) is 0 Å². The monoisotopic (exact) mass is 499 g/mol. The third kappa shape index (κ3) is 3.46. The summed E-state index contributed by atoms with van der Waals surface area (Å²) in [6.45, 7) is 9.81. The summed E-state index contributed by atoms with van der Waals surface area (Å²) in [5, 5.41) is 13.6. The minimum absolute atomic E-state index is 0.123. The number of hydrogen-bond acceptors (Lipinski definition) is 4. The smallest absolute Gasteiger partial charge is 0.135 e. The van der Waals surface area contributed by atoms with Crippen LogP contribution < -0.4 is 0 Å². The van der Waals surface area contributed by atoms with Crippen LogP contribution in [0.2, 0.25) is 0 Å². The third-order valence-electron chi connectivity index (χ3n) is 8.91. The van der Waals surface area contributed by atoms with Crippen molar-refractivity contribution in [2.75, 3.05) is 0 Å². The highest BCUT2D eigenvalue weighted by molar-refractivity contribution is 5.65. The molecule has 3 atom stereocenters. The Balaban J connectivity index is 1.43. The van der Waals surface area contributed by atoms with E-state index in [-0.39, 0.29) is 22.6 Å². The standard InChI is InChI=1S/C30H31F2N5/c1-5-18(2)16-37-17-19(15-33-37)24-10-7-11-26(34-24)30-13-12-21(29(30,3)4)20-14-25(35-36-28(20)30)27-22(31)8-6-9-23(27)32/h6-11,14-15,17-18,21H,5,12-13,16H2,1-4H3/t18-,21+,30+/m1/s1. The van der Waals surface area contributed by atoms with Gasteiger partial charge in [-0.3, -0.25) is 9.67 Å². The van der Waals surface area contributed by atoms with Gasteiger partial charge in [0.2, 0.25) is 0 Å². The van der Waals surface area contributed by atoms with Crippen LogP contribution >= 0.6 is 0 Å². The number of nitrogens with zero attached hydrogens (tertiary/aromatic N) is 5. The summed E-state index contributed by atoms with van der Waals surface area (Å²) in [6.07, 6.45) is 6.92. The lowest BCUT2D eigenvalue weighted by molar-refractivity contribution is 0.243. The molecule has 0 radical (unpaired) electrons. The Morgan fingerprint density at radius 3 is 2.57 bits per heavy atom. The molecule has 1 fully saturated rings. The Labute approximate surface area is 216 Å². The minimum Gasteiger partial charge on any atom is -0.272 e. The largest absolute Gasteiger partial charge is 0.272 e. The topological polar surface area (TPSA) is 56.5 Å². The number of halogens is 2. The number of fused-ring (bicyclic) bond motifs is 5. The first-order chi connectivity index (χ1) is 17.8. The van der Waals surface area contributed by atoms with E-state index in [9.17, 15) is 8.78 Å². The van der Waals surface area contributed by atoms with Gasteiger partial charge in [0.25, 0.3) is 0 Å². The third-order valence-corrected chi connectivity index (χ3v) is 8.91. The fourth-order valence-electron chi connectivity index (χ4n) is 6.63. The van der Waals surface area contributed by atoms with Gasteiger partial charge in [0.1, 0.15) is 11.6 Å². The van der Waals surface area contributed by atoms with E-state index in [1.54, 1.807) is 0 Å². The molecule has 0 spiro atoms. The summed E-state index contributed by atoms with van der Waals surface area (Å²) in [4.78, 5) is 5.17. The molecule has 5 nitrogen and oxygen atoms in total. The van der Waals surface area contributed by atoms with Crippen LogP contribution in [0, 0.1) is 23.0 Å². The number of pyridine rings is 1. The molecule has 1 saturated carbocycles. The van der Waals surface area contributed by atoms with Gasteiger partial charge in [0.15, 0.2) is 0 Å². The number of aromatic nitrogens is 5. The molecule has 6 rings (SSSR count). The van der Waals surface area contributed by atoms with E-state index in [1.165, 1.54) is 18.2 Å². The number of hydrogen-bond donors (Lipinski definition) is 0. The fourth-order valence-corrected chi connectivity index (χ4v) is 6.63. The van der Waals surface area contributed by atoms with Crippen molar-refractivity contribution in [1.29, 1.82) is 0 Å². The van der Waals surface area contributed by atoms with E-state index >= 15 is 0 Å². The minimum atomic E-state index is -0.630. The fraction of sp³-hybridized carbons (Fsp3) is 0.400. The Bertz CT molecular complexity index is 1470. The van der Waals surface area contributed by atoms with Crippen molar-refractivity contribution in [3.05, 3.63) is 83.4 Å². The van der Waals surface area contributed by atoms with Crippen LogP contribution in [0.1, 0.15) is 69.8 Å². The van der Waals surface area contributed by atoms with Crippen LogP contribution in [-0.4, -0.2) is 25.0 Å². The second kappa shape index (κ2) is 8.54. The summed E-state index contributed by atoms with van der Waals surface area (Å²) >= 11 is 0. The SMILES string of the molecule is CC[C@@H](C)Cn1cc(-c2cccc([C@@]34CC[C@@H](c5cc(-c6c(F)cccc6F)nnc53)C4(C)C)n2)cn1. The van der Waals surface area contributed by atoms with Crippen molar-refractivity contribution < 1.29 is 8.78 Å². The molecule has 1 aromatic carbocycles. The van der Waals surface area contributed by atoms with Gasteiger partial charge in [-0.15, -0.1) is 5.10 Å². The Hall–Kier alpha value is -3.48. The molecule has 3 heterocycles. The lowest BCUT2D eigenvalue weighted by atomic mass is 9.66. The normalized spacial score (nSPS) is 22.3. The molecule has 2 aliphatic rings. The van der Waals surface area contributed by atoms with Gasteiger partial charge in [-0.2, -0.15) is 10.2 Å². The highest BCUT2D eigenvalue weighted by Gasteiger charge is 2.65. The maximum absolute atomic E-state index is 14.5. The van der Waals surface area contributed by atoms with E-state index in [4.69, 9.17) is 4.98 Å². The highest BCUT2D eigenvalue weighted by Crippen LogP contribution is 2.69. The van der Waals surface area contributed by atoms with Gasteiger partial charge in [-0.25, -0.2) is 8.78 Å². The quantitative estimate of drug-likeness (QED) is 0.289. The summed E-state index contributed by atoms with van der Waals surface area (Å²) in [7, 11) is 0. The van der Waals surface area contributed by atoms with Crippen molar-refractivity contribution in [1.82, 2.24) is 25.0 Å². The van der Waals surface area contributed by atoms with Crippen molar-refractivity contribution >= 4 is 0 Å². The number of benzene rings is 1. The van der Waals surface area contributed by atoms with Crippen molar-refractivity contribution in [2.24, 2.45) is 11.3 Å². The van der Waals surface area contributed by atoms with Gasteiger partial charge in [0.05, 0.1) is 40.0 Å². The van der Waals surface area contributed by atoms with Crippen molar-refractivity contribution in [3.63, 3.8) is 0 Å². The molecule has 7 heteroatoms. The molecule has 190 valence electrons. The van der Waals surface area contributed by atoms with Gasteiger partial charge < -0.3 is 0 Å². The van der Waals surface area contributed by atoms with Gasteiger partial charge in [0, 0.05) is 18.3 Å². The molecule has 0 N–H and O–H groups in total. The molecule has 3 aromatic heterocycles. The molecule has 4 aromatic rings. The summed E-state index contributed by atoms with van der Waals surface area (Å²) in [5.74, 6) is -0.502. The molecule has 0 aliphatic heterocycles. The molecular formula is C30H31F2N5. The maximum atomic E-state index is 14.5. The molecule has 37 heavy (non-hydrogen) atoms. The van der Waals surface area contributed by atoms with Gasteiger partial charge in [-0.1, -0.05) is 46.2 Å². The second-order valence-electron chi connectivity index (χ2n) is 11.2. The zero-order chi connectivity index (χ0) is 25.9. The average molecular weight is 500 g/mol. The molecule has 2 bridgehead atoms. The first-order valence-corrected chi connectivity index (χ1v) is 13.1. The molecule has 2 aliphatic carbocycles. The van der Waals surface area contributed by atoms with Crippen LogP contribution in [0.4, 0.5) is 8.78 Å². The van der Waals surface area contributed by atoms with Crippen molar-refractivity contribution in [3.8, 4) is 22.5 Å². The molecular weight excluding hydrogens is 468 g/mol. The van der Waals surface area contributed by atoms with Crippen molar-refractivity contribution in [2.45, 2.75) is 64.8 Å². The zero-order valence-electron chi connectivity index (χ0n) is 21.7. The Kier molecular flexibility index (Phi) is 5.51. The Morgan fingerprint density at radius 2 is 1.81 bits per heavy atom. The van der Waals surface area contributed by atoms with Crippen LogP contribution in [0.25, 0.3) is 22.5 Å². The zero-order valence-corrected chi connectivity index (χ0v) is 21.7. The first-order valence-electron chi connectivity index (χ1n) is 13.1. The maximum Gasteiger partial charge on any atom is 0.135 e. The van der Waals surface area contributed by atoms with Crippen LogP contribution in [0.3, 0.4) is 0 Å². The predicted octanol–water partition coefficient (Wildman–Crippen LogP) is 6.93. The molecule has 0 saturated heterocycles. The first kappa shape index (κ1) is 23.9. The van der Waals surface area contributed by atoms with Crippen LogP contribution in [0.15, 0.2) is 54.9 Å².